The predicted octanol–water partition coefficient (Wildman–Crippen LogP) is 1.85. The van der Waals surface area contributed by atoms with Gasteiger partial charge in [0, 0.05) is 37.1 Å². The summed E-state index contributed by atoms with van der Waals surface area (Å²) in [5, 5.41) is 8.78. The number of carbonyl (C=O) groups excluding carboxylic acids is 1. The average Bonchev–Trinajstić information content (AvgIpc) is 3.22. The molecule has 2 aliphatic rings. The molecular weight excluding hydrogens is 434 g/mol. The number of morpholine rings is 1. The Kier molecular flexibility index (Phi) is 5.79. The predicted molar refractivity (Wildman–Crippen MR) is 118 cm³/mol. The molecule has 2 aromatic heterocycles. The van der Waals surface area contributed by atoms with Crippen molar-refractivity contribution in [1.29, 1.82) is 0 Å². The number of piperidine rings is 1. The van der Waals surface area contributed by atoms with Crippen LogP contribution >= 0.6 is 11.6 Å². The number of aromatic amines is 1. The molecule has 0 radical (unpaired) electrons. The topological polar surface area (TPSA) is 109 Å². The number of fused-ring (bicyclic) bond motifs is 1. The van der Waals surface area contributed by atoms with Crippen molar-refractivity contribution in [2.24, 2.45) is 0 Å². The van der Waals surface area contributed by atoms with Crippen LogP contribution in [0.3, 0.4) is 0 Å². The highest BCUT2D eigenvalue weighted by atomic mass is 35.5. The number of halogens is 1. The van der Waals surface area contributed by atoms with Crippen molar-refractivity contribution < 1.29 is 9.53 Å². The molecule has 0 saturated carbocycles. The van der Waals surface area contributed by atoms with Gasteiger partial charge in [-0.2, -0.15) is 0 Å². The summed E-state index contributed by atoms with van der Waals surface area (Å²) in [6.45, 7) is 3.97. The Hall–Kier alpha value is -2.98. The molecule has 0 unspecified atom stereocenters. The van der Waals surface area contributed by atoms with E-state index in [-0.39, 0.29) is 23.0 Å². The summed E-state index contributed by atoms with van der Waals surface area (Å²) in [5.74, 6) is 0.511. The van der Waals surface area contributed by atoms with Crippen LogP contribution in [-0.2, 0) is 11.3 Å². The van der Waals surface area contributed by atoms with Crippen LogP contribution in [0.1, 0.15) is 30.1 Å². The number of amides is 2. The van der Waals surface area contributed by atoms with E-state index in [1.807, 2.05) is 28.0 Å². The molecule has 5 rings (SSSR count). The lowest BCUT2D eigenvalue weighted by Crippen LogP contribution is -2.50. The Bertz CT molecular complexity index is 1190. The highest BCUT2D eigenvalue weighted by Crippen LogP contribution is 2.25. The molecule has 2 amide bonds. The Morgan fingerprint density at radius 1 is 1.22 bits per heavy atom. The van der Waals surface area contributed by atoms with Crippen molar-refractivity contribution >= 4 is 28.8 Å². The van der Waals surface area contributed by atoms with Crippen molar-refractivity contribution in [3.63, 3.8) is 0 Å². The van der Waals surface area contributed by atoms with Crippen LogP contribution < -0.4 is 5.56 Å². The lowest BCUT2D eigenvalue weighted by Gasteiger charge is -2.37. The molecule has 1 atom stereocenters. The second-order valence-corrected chi connectivity index (χ2v) is 8.60. The lowest BCUT2D eigenvalue weighted by molar-refractivity contribution is 0.0407. The van der Waals surface area contributed by atoms with Crippen LogP contribution in [0, 0.1) is 0 Å². The van der Waals surface area contributed by atoms with Gasteiger partial charge < -0.3 is 19.5 Å². The second kappa shape index (κ2) is 8.87. The molecule has 2 saturated heterocycles. The number of ether oxygens (including phenoxy) is 1. The molecule has 2 fully saturated rings. The van der Waals surface area contributed by atoms with Crippen LogP contribution in [0.25, 0.3) is 11.2 Å². The fraction of sp³-hybridized carbons (Fsp3) is 0.476. The maximum absolute atomic E-state index is 12.9. The molecule has 0 bridgehead atoms. The zero-order valence-corrected chi connectivity index (χ0v) is 18.3. The minimum atomic E-state index is -0.320. The first-order valence-electron chi connectivity index (χ1n) is 10.8. The van der Waals surface area contributed by atoms with E-state index in [1.165, 1.54) is 0 Å². The number of nitrogens with one attached hydrogen (secondary N) is 1. The van der Waals surface area contributed by atoms with Gasteiger partial charge in [-0.25, -0.2) is 14.5 Å². The van der Waals surface area contributed by atoms with Gasteiger partial charge >= 0.3 is 6.03 Å². The van der Waals surface area contributed by atoms with Crippen LogP contribution in [0.15, 0.2) is 29.1 Å². The van der Waals surface area contributed by atoms with Gasteiger partial charge in [-0.15, -0.1) is 5.10 Å². The number of aromatic nitrogens is 5. The summed E-state index contributed by atoms with van der Waals surface area (Å²) in [7, 11) is 0. The first kappa shape index (κ1) is 20.9. The number of likely N-dealkylation sites (tertiary alicyclic amines) is 1. The van der Waals surface area contributed by atoms with E-state index in [0.29, 0.717) is 62.4 Å². The van der Waals surface area contributed by atoms with E-state index >= 15 is 0 Å². The molecule has 168 valence electrons. The third-order valence-electron chi connectivity index (χ3n) is 5.97. The Balaban J connectivity index is 1.40. The monoisotopic (exact) mass is 457 g/mol. The van der Waals surface area contributed by atoms with Gasteiger partial charge in [0.2, 0.25) is 0 Å². The van der Waals surface area contributed by atoms with Crippen molar-refractivity contribution in [2.75, 3.05) is 39.4 Å². The van der Waals surface area contributed by atoms with Gasteiger partial charge in [0.15, 0.2) is 11.2 Å². The molecule has 4 heterocycles. The maximum Gasteiger partial charge on any atom is 0.320 e. The number of nitrogens with zero attached hydrogens (tertiary/aromatic N) is 6. The minimum absolute atomic E-state index is 0.0223. The van der Waals surface area contributed by atoms with Crippen LogP contribution in [-0.4, -0.2) is 80.2 Å². The standard InChI is InChI=1S/C21H24ClN7O3/c22-16-5-1-3-14(11-16)12-29-19-17(25-26-29)20(30)24-18(23-19)15-4-2-6-28(13-15)21(31)27-7-9-32-10-8-27/h1,3,5,11,15H,2,4,6-10,12-13H2,(H,23,24,30)/t15-/m1/s1. The molecule has 0 aliphatic carbocycles. The SMILES string of the molecule is O=C(N1CCOCC1)N1CCC[C@@H](c2nc3c(nnn3Cc3cccc(Cl)c3)c(=O)[nH]2)C1. The van der Waals surface area contributed by atoms with Gasteiger partial charge in [-0.3, -0.25) is 4.79 Å². The summed E-state index contributed by atoms with van der Waals surface area (Å²) < 4.78 is 6.96. The van der Waals surface area contributed by atoms with E-state index < -0.39 is 0 Å². The molecule has 10 nitrogen and oxygen atoms in total. The van der Waals surface area contributed by atoms with Gasteiger partial charge in [0.05, 0.1) is 19.8 Å². The van der Waals surface area contributed by atoms with E-state index in [1.54, 1.807) is 10.7 Å². The van der Waals surface area contributed by atoms with Crippen molar-refractivity contribution in [2.45, 2.75) is 25.3 Å². The van der Waals surface area contributed by atoms with E-state index in [2.05, 4.69) is 15.3 Å². The van der Waals surface area contributed by atoms with Crippen LogP contribution in [0.4, 0.5) is 4.79 Å². The zero-order valence-electron chi connectivity index (χ0n) is 17.5. The van der Waals surface area contributed by atoms with Gasteiger partial charge in [0.1, 0.15) is 5.82 Å². The summed E-state index contributed by atoms with van der Waals surface area (Å²) in [6.07, 6.45) is 1.69. The molecule has 0 spiro atoms. The normalized spacial score (nSPS) is 19.5. The minimum Gasteiger partial charge on any atom is -0.378 e. The molecule has 32 heavy (non-hydrogen) atoms. The molecule has 2 aliphatic heterocycles. The number of urea groups is 1. The summed E-state index contributed by atoms with van der Waals surface area (Å²) >= 11 is 6.09. The molecule has 3 aromatic rings. The Morgan fingerprint density at radius 2 is 2.06 bits per heavy atom. The number of benzene rings is 1. The number of carbonyl (C=O) groups is 1. The molecule has 1 N–H and O–H groups in total. The van der Waals surface area contributed by atoms with E-state index in [9.17, 15) is 9.59 Å². The molecule has 1 aromatic carbocycles. The lowest BCUT2D eigenvalue weighted by atomic mass is 9.97. The van der Waals surface area contributed by atoms with E-state index in [4.69, 9.17) is 21.3 Å². The fourth-order valence-corrected chi connectivity index (χ4v) is 4.53. The first-order chi connectivity index (χ1) is 15.6. The van der Waals surface area contributed by atoms with Crippen molar-refractivity contribution in [1.82, 2.24) is 34.8 Å². The molecule has 11 heteroatoms. The Labute approximate surface area is 189 Å². The van der Waals surface area contributed by atoms with Gasteiger partial charge in [-0.1, -0.05) is 28.9 Å². The summed E-state index contributed by atoms with van der Waals surface area (Å²) in [6, 6.07) is 7.47. The van der Waals surface area contributed by atoms with Crippen LogP contribution in [0.5, 0.6) is 0 Å². The highest BCUT2D eigenvalue weighted by Gasteiger charge is 2.30. The third kappa shape index (κ3) is 4.20. The van der Waals surface area contributed by atoms with Crippen molar-refractivity contribution in [3.05, 3.63) is 51.0 Å². The van der Waals surface area contributed by atoms with E-state index in [0.717, 1.165) is 18.4 Å². The van der Waals surface area contributed by atoms with Gasteiger partial charge in [0.25, 0.3) is 5.56 Å². The largest absolute Gasteiger partial charge is 0.378 e. The molecular formula is C21H24ClN7O3. The highest BCUT2D eigenvalue weighted by molar-refractivity contribution is 6.30. The number of hydrogen-bond acceptors (Lipinski definition) is 6. The van der Waals surface area contributed by atoms with Crippen molar-refractivity contribution in [3.8, 4) is 0 Å². The maximum atomic E-state index is 12.9. The third-order valence-corrected chi connectivity index (χ3v) is 6.21. The summed E-state index contributed by atoms with van der Waals surface area (Å²) in [4.78, 5) is 36.9. The quantitative estimate of drug-likeness (QED) is 0.642. The second-order valence-electron chi connectivity index (χ2n) is 8.17. The average molecular weight is 458 g/mol. The Morgan fingerprint density at radius 3 is 2.88 bits per heavy atom. The number of hydrogen-bond donors (Lipinski definition) is 1. The number of rotatable bonds is 3. The number of H-pyrrole nitrogens is 1. The first-order valence-corrected chi connectivity index (χ1v) is 11.2. The fourth-order valence-electron chi connectivity index (χ4n) is 4.32. The van der Waals surface area contributed by atoms with Gasteiger partial charge in [-0.05, 0) is 30.5 Å². The zero-order chi connectivity index (χ0) is 22.1. The summed E-state index contributed by atoms with van der Waals surface area (Å²) in [5.41, 5.74) is 1.25. The smallest absolute Gasteiger partial charge is 0.320 e. The van der Waals surface area contributed by atoms with Crippen LogP contribution in [0.2, 0.25) is 5.02 Å².